The Kier molecular flexibility index (Phi) is 5.07. The monoisotopic (exact) mass is 340 g/mol. The lowest BCUT2D eigenvalue weighted by molar-refractivity contribution is 0.648. The van der Waals surface area contributed by atoms with Gasteiger partial charge in [0.05, 0.1) is 5.52 Å². The van der Waals surface area contributed by atoms with Crippen LogP contribution in [0.25, 0.3) is 10.9 Å². The van der Waals surface area contributed by atoms with Gasteiger partial charge >= 0.3 is 0 Å². The van der Waals surface area contributed by atoms with Crippen LogP contribution < -0.4 is 5.32 Å². The second-order valence-corrected chi connectivity index (χ2v) is 7.20. The highest BCUT2D eigenvalue weighted by Gasteiger charge is 2.08. The Morgan fingerprint density at radius 2 is 2.21 bits per heavy atom. The molecule has 5 heteroatoms. The van der Waals surface area contributed by atoms with Crippen molar-refractivity contribution in [1.82, 2.24) is 10.3 Å². The van der Waals surface area contributed by atoms with Crippen LogP contribution in [0, 0.1) is 0 Å². The molecular formula is C14H17BrN2OS. The van der Waals surface area contributed by atoms with Gasteiger partial charge in [0.2, 0.25) is 0 Å². The van der Waals surface area contributed by atoms with Crippen molar-refractivity contribution in [2.24, 2.45) is 0 Å². The number of hydrogen-bond donors (Lipinski definition) is 1. The van der Waals surface area contributed by atoms with Gasteiger partial charge in [0, 0.05) is 51.5 Å². The van der Waals surface area contributed by atoms with E-state index in [1.54, 1.807) is 6.26 Å². The number of nitrogens with one attached hydrogen (secondary N) is 1. The Bertz CT molecular complexity index is 603. The summed E-state index contributed by atoms with van der Waals surface area (Å²) >= 11 is 3.54. The summed E-state index contributed by atoms with van der Waals surface area (Å²) in [5, 5.41) is 4.63. The lowest BCUT2D eigenvalue weighted by Crippen LogP contribution is -2.27. The van der Waals surface area contributed by atoms with E-state index in [-0.39, 0.29) is 5.25 Å². The lowest BCUT2D eigenvalue weighted by Gasteiger charge is -2.11. The standard InChI is InChI=1S/C14H17BrN2OS/c1-10(19(2)18)8-16-9-11-5-6-13(15)12-4-3-7-17-14(11)12/h3-7,10,16H,8-9H2,1-2H3/t10-,19-/m1/s1. The molecule has 0 bridgehead atoms. The van der Waals surface area contributed by atoms with Gasteiger partial charge in [-0.05, 0) is 24.6 Å². The van der Waals surface area contributed by atoms with E-state index in [1.165, 1.54) is 0 Å². The number of hydrogen-bond acceptors (Lipinski definition) is 3. The first-order valence-corrected chi connectivity index (χ1v) is 8.56. The van der Waals surface area contributed by atoms with Crippen molar-refractivity contribution in [3.8, 4) is 0 Å². The van der Waals surface area contributed by atoms with Crippen LogP contribution in [-0.2, 0) is 17.3 Å². The van der Waals surface area contributed by atoms with Crippen LogP contribution in [0.3, 0.4) is 0 Å². The number of rotatable bonds is 5. The van der Waals surface area contributed by atoms with E-state index >= 15 is 0 Å². The summed E-state index contributed by atoms with van der Waals surface area (Å²) in [4.78, 5) is 4.44. The van der Waals surface area contributed by atoms with Gasteiger partial charge in [-0.15, -0.1) is 0 Å². The molecule has 2 rings (SSSR count). The first-order valence-electron chi connectivity index (χ1n) is 6.14. The molecule has 0 aliphatic rings. The Morgan fingerprint density at radius 3 is 2.95 bits per heavy atom. The van der Waals surface area contributed by atoms with Gasteiger partial charge in [0.1, 0.15) is 0 Å². The summed E-state index contributed by atoms with van der Waals surface area (Å²) < 4.78 is 12.4. The first-order chi connectivity index (χ1) is 9.09. The summed E-state index contributed by atoms with van der Waals surface area (Å²) in [6, 6.07) is 8.11. The second-order valence-electron chi connectivity index (χ2n) is 4.55. The van der Waals surface area contributed by atoms with Crippen LogP contribution in [0.5, 0.6) is 0 Å². The number of benzene rings is 1. The maximum atomic E-state index is 11.3. The van der Waals surface area contributed by atoms with Gasteiger partial charge in [-0.25, -0.2) is 0 Å². The summed E-state index contributed by atoms with van der Waals surface area (Å²) in [5.41, 5.74) is 2.17. The fourth-order valence-corrected chi connectivity index (χ4v) is 2.67. The Labute approximate surface area is 124 Å². The molecule has 0 saturated carbocycles. The zero-order valence-corrected chi connectivity index (χ0v) is 13.4. The number of aromatic nitrogens is 1. The quantitative estimate of drug-likeness (QED) is 0.909. The summed E-state index contributed by atoms with van der Waals surface area (Å²) in [6.07, 6.45) is 3.55. The zero-order valence-electron chi connectivity index (χ0n) is 11.0. The first kappa shape index (κ1) is 14.6. The van der Waals surface area contributed by atoms with E-state index in [1.807, 2.05) is 25.3 Å². The number of fused-ring (bicyclic) bond motifs is 1. The van der Waals surface area contributed by atoms with Gasteiger partial charge in [0.15, 0.2) is 0 Å². The topological polar surface area (TPSA) is 42.0 Å². The molecule has 0 fully saturated rings. The minimum absolute atomic E-state index is 0.162. The van der Waals surface area contributed by atoms with Crippen molar-refractivity contribution < 1.29 is 4.21 Å². The molecule has 1 aromatic carbocycles. The average molecular weight is 341 g/mol. The third-order valence-corrected chi connectivity index (χ3v) is 5.11. The third kappa shape index (κ3) is 3.61. The van der Waals surface area contributed by atoms with Crippen LogP contribution >= 0.6 is 15.9 Å². The minimum atomic E-state index is -0.785. The summed E-state index contributed by atoms with van der Waals surface area (Å²) in [5.74, 6) is 0. The van der Waals surface area contributed by atoms with Crippen LogP contribution in [0.15, 0.2) is 34.9 Å². The van der Waals surface area contributed by atoms with Crippen LogP contribution in [0.4, 0.5) is 0 Å². The van der Waals surface area contributed by atoms with Gasteiger partial charge in [-0.3, -0.25) is 9.19 Å². The van der Waals surface area contributed by atoms with E-state index < -0.39 is 10.8 Å². The van der Waals surface area contributed by atoms with E-state index in [4.69, 9.17) is 0 Å². The molecule has 0 aliphatic heterocycles. The van der Waals surface area contributed by atoms with Gasteiger partial charge in [-0.1, -0.05) is 28.1 Å². The molecule has 2 atom stereocenters. The Morgan fingerprint density at radius 1 is 1.42 bits per heavy atom. The van der Waals surface area contributed by atoms with Crippen molar-refractivity contribution in [1.29, 1.82) is 0 Å². The highest BCUT2D eigenvalue weighted by molar-refractivity contribution is 9.10. The predicted molar refractivity (Wildman–Crippen MR) is 84.7 cm³/mol. The Hall–Kier alpha value is -0.780. The third-order valence-electron chi connectivity index (χ3n) is 3.11. The molecule has 0 saturated heterocycles. The van der Waals surface area contributed by atoms with Crippen molar-refractivity contribution in [3.63, 3.8) is 0 Å². The number of nitrogens with zero attached hydrogens (tertiary/aromatic N) is 1. The molecule has 0 amide bonds. The summed E-state index contributed by atoms with van der Waals surface area (Å²) in [6.45, 7) is 3.47. The maximum absolute atomic E-state index is 11.3. The molecule has 102 valence electrons. The van der Waals surface area contributed by atoms with Crippen LogP contribution in [0.1, 0.15) is 12.5 Å². The number of pyridine rings is 1. The molecule has 3 nitrogen and oxygen atoms in total. The molecule has 0 spiro atoms. The highest BCUT2D eigenvalue weighted by atomic mass is 79.9. The average Bonchev–Trinajstić information content (AvgIpc) is 2.41. The van der Waals surface area contributed by atoms with E-state index in [0.29, 0.717) is 0 Å². The molecule has 1 aromatic heterocycles. The molecular weight excluding hydrogens is 324 g/mol. The smallest absolute Gasteiger partial charge is 0.0758 e. The second kappa shape index (κ2) is 6.59. The molecule has 19 heavy (non-hydrogen) atoms. The molecule has 0 radical (unpaired) electrons. The lowest BCUT2D eigenvalue weighted by atomic mass is 10.1. The van der Waals surface area contributed by atoms with Crippen molar-refractivity contribution in [2.45, 2.75) is 18.7 Å². The normalized spacial score (nSPS) is 14.5. The number of halogens is 1. The fourth-order valence-electron chi connectivity index (χ4n) is 1.87. The molecule has 0 aliphatic carbocycles. The molecule has 1 heterocycles. The highest BCUT2D eigenvalue weighted by Crippen LogP contribution is 2.25. The molecule has 2 aromatic rings. The summed E-state index contributed by atoms with van der Waals surface area (Å²) in [7, 11) is -0.785. The van der Waals surface area contributed by atoms with E-state index in [0.717, 1.165) is 34.0 Å². The molecule has 1 N–H and O–H groups in total. The van der Waals surface area contributed by atoms with Gasteiger partial charge < -0.3 is 5.32 Å². The van der Waals surface area contributed by atoms with Crippen molar-refractivity contribution in [2.75, 3.05) is 12.8 Å². The van der Waals surface area contributed by atoms with E-state index in [9.17, 15) is 4.21 Å². The Balaban J connectivity index is 2.13. The zero-order chi connectivity index (χ0) is 13.8. The van der Waals surface area contributed by atoms with Crippen LogP contribution in [0.2, 0.25) is 0 Å². The van der Waals surface area contributed by atoms with Crippen molar-refractivity contribution in [3.05, 3.63) is 40.5 Å². The predicted octanol–water partition coefficient (Wildman–Crippen LogP) is 2.85. The van der Waals surface area contributed by atoms with Crippen LogP contribution in [-0.4, -0.2) is 27.2 Å². The maximum Gasteiger partial charge on any atom is 0.0758 e. The van der Waals surface area contributed by atoms with E-state index in [2.05, 4.69) is 38.4 Å². The molecule has 0 unspecified atom stereocenters. The largest absolute Gasteiger partial charge is 0.311 e. The minimum Gasteiger partial charge on any atom is -0.311 e. The van der Waals surface area contributed by atoms with Crippen molar-refractivity contribution >= 4 is 37.6 Å². The van der Waals surface area contributed by atoms with Gasteiger partial charge in [-0.2, -0.15) is 0 Å². The van der Waals surface area contributed by atoms with Gasteiger partial charge in [0.25, 0.3) is 0 Å². The SMILES string of the molecule is C[C@H](CNCc1ccc(Br)c2cccnc12)[S@@](C)=O. The fraction of sp³-hybridized carbons (Fsp3) is 0.357.